The summed E-state index contributed by atoms with van der Waals surface area (Å²) >= 11 is 2.94. The standard InChI is InChI=1S/C15H16N2O2.CH3Br/c1-2-19-15(18)12-10-17-13-8-4-3-6-11(13)7-5-9-14(17)16-12;1-2/h3-4,6,8,10H,2,5,7,9H2,1H3;1H3. The van der Waals surface area contributed by atoms with Gasteiger partial charge in [0.2, 0.25) is 0 Å². The molecule has 2 aromatic rings. The molecule has 0 aliphatic carbocycles. The third-order valence-electron chi connectivity index (χ3n) is 3.36. The number of esters is 1. The topological polar surface area (TPSA) is 44.1 Å². The molecule has 21 heavy (non-hydrogen) atoms. The average molecular weight is 351 g/mol. The fourth-order valence-electron chi connectivity index (χ4n) is 2.50. The van der Waals surface area contributed by atoms with Crippen molar-refractivity contribution in [3.05, 3.63) is 47.5 Å². The molecule has 1 aromatic carbocycles. The number of halogens is 1. The maximum absolute atomic E-state index is 11.8. The largest absolute Gasteiger partial charge is 0.461 e. The first-order chi connectivity index (χ1) is 10.3. The van der Waals surface area contributed by atoms with Crippen LogP contribution in [-0.2, 0) is 17.6 Å². The smallest absolute Gasteiger partial charge is 0.358 e. The summed E-state index contributed by atoms with van der Waals surface area (Å²) in [6, 6.07) is 8.26. The van der Waals surface area contributed by atoms with E-state index in [1.165, 1.54) is 5.56 Å². The number of aryl methyl sites for hydroxylation is 2. The Bertz CT molecular complexity index is 622. The van der Waals surface area contributed by atoms with Crippen molar-refractivity contribution in [1.29, 1.82) is 0 Å². The lowest BCUT2D eigenvalue weighted by Crippen LogP contribution is -2.05. The predicted molar refractivity (Wildman–Crippen MR) is 86.4 cm³/mol. The zero-order valence-corrected chi connectivity index (χ0v) is 13.9. The third kappa shape index (κ3) is 3.35. The van der Waals surface area contributed by atoms with Crippen LogP contribution in [0.5, 0.6) is 0 Å². The van der Waals surface area contributed by atoms with E-state index in [2.05, 4.69) is 33.0 Å². The Balaban J connectivity index is 0.000000774. The van der Waals surface area contributed by atoms with Crippen LogP contribution in [0.2, 0.25) is 0 Å². The second-order valence-electron chi connectivity index (χ2n) is 4.62. The molecular weight excluding hydrogens is 332 g/mol. The fourth-order valence-corrected chi connectivity index (χ4v) is 2.50. The highest BCUT2D eigenvalue weighted by atomic mass is 79.9. The lowest BCUT2D eigenvalue weighted by atomic mass is 10.1. The number of carbonyl (C=O) groups is 1. The van der Waals surface area contributed by atoms with E-state index >= 15 is 0 Å². The molecule has 0 amide bonds. The minimum atomic E-state index is -0.347. The first-order valence-electron chi connectivity index (χ1n) is 7.01. The van der Waals surface area contributed by atoms with Crippen LogP contribution in [0.15, 0.2) is 30.5 Å². The molecule has 5 heteroatoms. The molecule has 0 fully saturated rings. The summed E-state index contributed by atoms with van der Waals surface area (Å²) in [6.07, 6.45) is 4.77. The van der Waals surface area contributed by atoms with Crippen LogP contribution in [0.3, 0.4) is 0 Å². The number of imidazole rings is 1. The van der Waals surface area contributed by atoms with Gasteiger partial charge in [-0.25, -0.2) is 9.78 Å². The van der Waals surface area contributed by atoms with Crippen LogP contribution in [-0.4, -0.2) is 28.0 Å². The van der Waals surface area contributed by atoms with Crippen molar-refractivity contribution in [2.45, 2.75) is 26.2 Å². The summed E-state index contributed by atoms with van der Waals surface area (Å²) in [5, 5.41) is 0. The number of rotatable bonds is 2. The van der Waals surface area contributed by atoms with E-state index in [4.69, 9.17) is 4.74 Å². The quantitative estimate of drug-likeness (QED) is 0.614. The van der Waals surface area contributed by atoms with Crippen molar-refractivity contribution in [2.24, 2.45) is 0 Å². The highest BCUT2D eigenvalue weighted by Crippen LogP contribution is 2.24. The summed E-state index contributed by atoms with van der Waals surface area (Å²) in [6.45, 7) is 2.17. The molecule has 0 saturated carbocycles. The number of hydrogen-bond donors (Lipinski definition) is 0. The number of hydrogen-bond acceptors (Lipinski definition) is 3. The SMILES string of the molecule is CBr.CCOC(=O)c1cn2c(n1)CCCc1ccccc1-2. The van der Waals surface area contributed by atoms with Gasteiger partial charge in [0.25, 0.3) is 0 Å². The number of ether oxygens (including phenoxy) is 1. The molecular formula is C16H19BrN2O2. The van der Waals surface area contributed by atoms with Gasteiger partial charge in [-0.15, -0.1) is 0 Å². The van der Waals surface area contributed by atoms with E-state index in [9.17, 15) is 4.79 Å². The maximum Gasteiger partial charge on any atom is 0.358 e. The summed E-state index contributed by atoms with van der Waals surface area (Å²) in [7, 11) is 0. The van der Waals surface area contributed by atoms with Crippen molar-refractivity contribution >= 4 is 21.9 Å². The summed E-state index contributed by atoms with van der Waals surface area (Å²) < 4.78 is 7.03. The number of fused-ring (bicyclic) bond motifs is 3. The summed E-state index contributed by atoms with van der Waals surface area (Å²) in [5.41, 5.74) is 2.82. The molecule has 1 aliphatic heterocycles. The zero-order chi connectivity index (χ0) is 15.2. The van der Waals surface area contributed by atoms with Gasteiger partial charge in [-0.1, -0.05) is 34.1 Å². The van der Waals surface area contributed by atoms with Crippen LogP contribution >= 0.6 is 15.9 Å². The van der Waals surface area contributed by atoms with Gasteiger partial charge in [0.05, 0.1) is 6.61 Å². The van der Waals surface area contributed by atoms with Gasteiger partial charge < -0.3 is 9.30 Å². The van der Waals surface area contributed by atoms with Gasteiger partial charge in [0.15, 0.2) is 5.69 Å². The van der Waals surface area contributed by atoms with Crippen LogP contribution in [0, 0.1) is 0 Å². The highest BCUT2D eigenvalue weighted by Gasteiger charge is 2.19. The number of benzene rings is 1. The second kappa shape index (κ2) is 7.41. The first-order valence-corrected chi connectivity index (χ1v) is 8.59. The zero-order valence-electron chi connectivity index (χ0n) is 12.3. The molecule has 0 N–H and O–H groups in total. The van der Waals surface area contributed by atoms with Gasteiger partial charge in [-0.3, -0.25) is 0 Å². The lowest BCUT2D eigenvalue weighted by Gasteiger charge is -2.07. The van der Waals surface area contributed by atoms with E-state index in [0.29, 0.717) is 12.3 Å². The van der Waals surface area contributed by atoms with Crippen molar-refractivity contribution < 1.29 is 9.53 Å². The Labute approximate surface area is 133 Å². The van der Waals surface area contributed by atoms with Gasteiger partial charge in [0.1, 0.15) is 5.82 Å². The van der Waals surface area contributed by atoms with Crippen molar-refractivity contribution in [1.82, 2.24) is 9.55 Å². The monoisotopic (exact) mass is 350 g/mol. The van der Waals surface area contributed by atoms with Crippen LogP contribution in [0.4, 0.5) is 0 Å². The van der Waals surface area contributed by atoms with Crippen LogP contribution in [0.25, 0.3) is 5.69 Å². The van der Waals surface area contributed by atoms with Gasteiger partial charge in [0, 0.05) is 18.3 Å². The van der Waals surface area contributed by atoms with E-state index in [1.54, 1.807) is 13.1 Å². The van der Waals surface area contributed by atoms with Gasteiger partial charge >= 0.3 is 5.97 Å². The fraction of sp³-hybridized carbons (Fsp3) is 0.375. The minimum Gasteiger partial charge on any atom is -0.461 e. The van der Waals surface area contributed by atoms with Crippen molar-refractivity contribution in [2.75, 3.05) is 12.4 Å². The molecule has 1 aliphatic rings. The van der Waals surface area contributed by atoms with Crippen LogP contribution in [0.1, 0.15) is 35.2 Å². The summed E-state index contributed by atoms with van der Waals surface area (Å²) in [5.74, 6) is 2.40. The normalized spacial score (nSPS) is 12.3. The molecule has 0 bridgehead atoms. The van der Waals surface area contributed by atoms with E-state index in [-0.39, 0.29) is 5.97 Å². The minimum absolute atomic E-state index is 0.347. The molecule has 2 heterocycles. The molecule has 0 spiro atoms. The Hall–Kier alpha value is -1.62. The Morgan fingerprint density at radius 1 is 1.33 bits per heavy atom. The molecule has 3 rings (SSSR count). The number of carbonyl (C=O) groups excluding carboxylic acids is 1. The molecule has 0 atom stereocenters. The molecule has 112 valence electrons. The third-order valence-corrected chi connectivity index (χ3v) is 3.36. The number of alkyl halides is 1. The van der Waals surface area contributed by atoms with Gasteiger partial charge in [-0.2, -0.15) is 0 Å². The Kier molecular flexibility index (Phi) is 5.56. The van der Waals surface area contributed by atoms with Crippen molar-refractivity contribution in [3.8, 4) is 5.69 Å². The molecule has 1 aromatic heterocycles. The lowest BCUT2D eigenvalue weighted by molar-refractivity contribution is 0.0520. The Morgan fingerprint density at radius 3 is 2.86 bits per heavy atom. The predicted octanol–water partition coefficient (Wildman–Crippen LogP) is 3.55. The first kappa shape index (κ1) is 15.8. The highest BCUT2D eigenvalue weighted by molar-refractivity contribution is 9.08. The molecule has 0 unspecified atom stereocenters. The maximum atomic E-state index is 11.8. The van der Waals surface area contributed by atoms with E-state index in [0.717, 1.165) is 30.8 Å². The number of nitrogens with zero attached hydrogens (tertiary/aromatic N) is 2. The van der Waals surface area contributed by atoms with Gasteiger partial charge in [-0.05, 0) is 37.2 Å². The van der Waals surface area contributed by atoms with Crippen molar-refractivity contribution in [3.63, 3.8) is 0 Å². The van der Waals surface area contributed by atoms with E-state index < -0.39 is 0 Å². The molecule has 0 radical (unpaired) electrons. The molecule has 0 saturated heterocycles. The second-order valence-corrected chi connectivity index (χ2v) is 4.62. The Morgan fingerprint density at radius 2 is 2.10 bits per heavy atom. The van der Waals surface area contributed by atoms with E-state index in [1.807, 2.05) is 22.5 Å². The van der Waals surface area contributed by atoms with Crippen LogP contribution < -0.4 is 0 Å². The average Bonchev–Trinajstić information content (AvgIpc) is 2.87. The number of para-hydroxylation sites is 1. The molecule has 4 nitrogen and oxygen atoms in total. The summed E-state index contributed by atoms with van der Waals surface area (Å²) in [4.78, 5) is 16.2. The number of aromatic nitrogens is 2.